The van der Waals surface area contributed by atoms with Crippen LogP contribution in [0.5, 0.6) is 0 Å². The Bertz CT molecular complexity index is 474. The van der Waals surface area contributed by atoms with Crippen LogP contribution in [-0.2, 0) is 0 Å². The Morgan fingerprint density at radius 2 is 1.83 bits per heavy atom. The number of halogens is 2. The monoisotopic (exact) mass is 289 g/mol. The summed E-state index contributed by atoms with van der Waals surface area (Å²) in [5.41, 5.74) is 0.441. The third kappa shape index (κ3) is 2.68. The molecule has 0 aliphatic carbocycles. The minimum atomic E-state index is -0.439. The van der Waals surface area contributed by atoms with Crippen LogP contribution in [-0.4, -0.2) is 43.0 Å². The predicted octanol–water partition coefficient (Wildman–Crippen LogP) is 2.65. The minimum Gasteiger partial charge on any atom is -0.362 e. The number of nitro benzene ring substituents is 1. The molecule has 7 heteroatoms. The first-order valence-electron chi connectivity index (χ1n) is 5.56. The summed E-state index contributed by atoms with van der Waals surface area (Å²) in [5, 5.41) is 11.7. The van der Waals surface area contributed by atoms with Crippen molar-refractivity contribution in [3.05, 3.63) is 32.3 Å². The topological polar surface area (TPSA) is 49.6 Å². The van der Waals surface area contributed by atoms with Crippen molar-refractivity contribution in [2.75, 3.05) is 38.1 Å². The molecule has 1 aliphatic rings. The van der Waals surface area contributed by atoms with Crippen molar-refractivity contribution in [1.29, 1.82) is 0 Å². The second-order valence-electron chi connectivity index (χ2n) is 4.30. The Morgan fingerprint density at radius 3 is 2.39 bits per heavy atom. The Hall–Kier alpha value is -1.04. The molecule has 2 rings (SSSR count). The summed E-state index contributed by atoms with van der Waals surface area (Å²) >= 11 is 11.9. The maximum atomic E-state index is 11.1. The highest BCUT2D eigenvalue weighted by Gasteiger charge is 2.26. The van der Waals surface area contributed by atoms with Crippen LogP contribution in [0.25, 0.3) is 0 Å². The lowest BCUT2D eigenvalue weighted by Gasteiger charge is -2.34. The van der Waals surface area contributed by atoms with Crippen molar-refractivity contribution in [3.63, 3.8) is 0 Å². The smallest absolute Gasteiger partial charge is 0.295 e. The van der Waals surface area contributed by atoms with Crippen LogP contribution in [0.2, 0.25) is 10.0 Å². The van der Waals surface area contributed by atoms with Gasteiger partial charge >= 0.3 is 0 Å². The van der Waals surface area contributed by atoms with Crippen LogP contribution >= 0.6 is 23.2 Å². The SMILES string of the molecule is CN1CCN(c2c(Cl)cc(Cl)cc2[N+](=O)[O-])CC1. The highest BCUT2D eigenvalue weighted by atomic mass is 35.5. The van der Waals surface area contributed by atoms with Gasteiger partial charge in [-0.2, -0.15) is 0 Å². The van der Waals surface area contributed by atoms with Crippen molar-refractivity contribution in [2.24, 2.45) is 0 Å². The number of nitrogens with zero attached hydrogens (tertiary/aromatic N) is 3. The van der Waals surface area contributed by atoms with Crippen molar-refractivity contribution in [3.8, 4) is 0 Å². The molecule has 0 saturated carbocycles. The highest BCUT2D eigenvalue weighted by molar-refractivity contribution is 6.37. The van der Waals surface area contributed by atoms with E-state index in [1.54, 1.807) is 6.07 Å². The van der Waals surface area contributed by atoms with Gasteiger partial charge in [-0.1, -0.05) is 23.2 Å². The van der Waals surface area contributed by atoms with Gasteiger partial charge in [0, 0.05) is 37.3 Å². The van der Waals surface area contributed by atoms with E-state index < -0.39 is 4.92 Å². The maximum Gasteiger partial charge on any atom is 0.295 e. The molecule has 0 atom stereocenters. The summed E-state index contributed by atoms with van der Waals surface area (Å²) in [6.07, 6.45) is 0. The fraction of sp³-hybridized carbons (Fsp3) is 0.455. The molecule has 1 aliphatic heterocycles. The first kappa shape index (κ1) is 13.4. The van der Waals surface area contributed by atoms with Crippen molar-refractivity contribution in [2.45, 2.75) is 0 Å². The van der Waals surface area contributed by atoms with E-state index in [0.29, 0.717) is 10.7 Å². The molecule has 18 heavy (non-hydrogen) atoms. The number of nitro groups is 1. The maximum absolute atomic E-state index is 11.1. The molecule has 1 heterocycles. The van der Waals surface area contributed by atoms with E-state index in [0.717, 1.165) is 26.2 Å². The molecule has 0 spiro atoms. The average Bonchev–Trinajstić information content (AvgIpc) is 2.29. The van der Waals surface area contributed by atoms with E-state index in [1.165, 1.54) is 6.07 Å². The van der Waals surface area contributed by atoms with Gasteiger partial charge in [-0.25, -0.2) is 0 Å². The summed E-state index contributed by atoms with van der Waals surface area (Å²) in [4.78, 5) is 14.8. The number of hydrogen-bond donors (Lipinski definition) is 0. The van der Waals surface area contributed by atoms with Crippen LogP contribution in [0.15, 0.2) is 12.1 Å². The number of benzene rings is 1. The van der Waals surface area contributed by atoms with Crippen LogP contribution in [0.1, 0.15) is 0 Å². The fourth-order valence-corrected chi connectivity index (χ4v) is 2.64. The number of rotatable bonds is 2. The lowest BCUT2D eigenvalue weighted by molar-refractivity contribution is -0.384. The largest absolute Gasteiger partial charge is 0.362 e. The third-order valence-electron chi connectivity index (χ3n) is 3.02. The van der Waals surface area contributed by atoms with E-state index in [9.17, 15) is 10.1 Å². The van der Waals surface area contributed by atoms with Crippen molar-refractivity contribution in [1.82, 2.24) is 4.90 Å². The molecule has 1 saturated heterocycles. The van der Waals surface area contributed by atoms with E-state index >= 15 is 0 Å². The normalized spacial score (nSPS) is 16.9. The number of hydrogen-bond acceptors (Lipinski definition) is 4. The van der Waals surface area contributed by atoms with Crippen LogP contribution < -0.4 is 4.90 Å². The van der Waals surface area contributed by atoms with Gasteiger partial charge in [0.2, 0.25) is 0 Å². The Kier molecular flexibility index (Phi) is 3.94. The molecule has 0 aromatic heterocycles. The van der Waals surface area contributed by atoms with Gasteiger partial charge in [-0.15, -0.1) is 0 Å². The lowest BCUT2D eigenvalue weighted by atomic mass is 10.2. The van der Waals surface area contributed by atoms with E-state index in [1.807, 2.05) is 11.9 Å². The second kappa shape index (κ2) is 5.30. The van der Waals surface area contributed by atoms with Gasteiger partial charge in [0.25, 0.3) is 5.69 Å². The number of piperazine rings is 1. The van der Waals surface area contributed by atoms with Crippen molar-refractivity contribution >= 4 is 34.6 Å². The molecule has 98 valence electrons. The van der Waals surface area contributed by atoms with E-state index in [4.69, 9.17) is 23.2 Å². The summed E-state index contributed by atoms with van der Waals surface area (Å²) in [6.45, 7) is 3.16. The standard InChI is InChI=1S/C11H13Cl2N3O2/c1-14-2-4-15(5-3-14)11-9(13)6-8(12)7-10(11)16(17)18/h6-7H,2-5H2,1H3. The molecule has 0 bridgehead atoms. The quantitative estimate of drug-likeness (QED) is 0.620. The molecule has 5 nitrogen and oxygen atoms in total. The Labute approximate surface area is 115 Å². The predicted molar refractivity (Wildman–Crippen MR) is 72.8 cm³/mol. The van der Waals surface area contributed by atoms with E-state index in [-0.39, 0.29) is 10.7 Å². The number of likely N-dealkylation sites (N-methyl/N-ethyl adjacent to an activating group) is 1. The molecule has 1 fully saturated rings. The van der Waals surface area contributed by atoms with Gasteiger partial charge in [0.15, 0.2) is 0 Å². The lowest BCUT2D eigenvalue weighted by Crippen LogP contribution is -2.44. The summed E-state index contributed by atoms with van der Waals surface area (Å²) in [6, 6.07) is 2.89. The molecule has 0 unspecified atom stereocenters. The summed E-state index contributed by atoms with van der Waals surface area (Å²) < 4.78 is 0. The first-order chi connectivity index (χ1) is 8.49. The molecular weight excluding hydrogens is 277 g/mol. The highest BCUT2D eigenvalue weighted by Crippen LogP contribution is 2.38. The zero-order chi connectivity index (χ0) is 13.3. The second-order valence-corrected chi connectivity index (χ2v) is 5.15. The van der Waals surface area contributed by atoms with Gasteiger partial charge in [-0.05, 0) is 13.1 Å². The van der Waals surface area contributed by atoms with Gasteiger partial charge < -0.3 is 9.80 Å². The average molecular weight is 290 g/mol. The van der Waals surface area contributed by atoms with Crippen LogP contribution in [0, 0.1) is 10.1 Å². The first-order valence-corrected chi connectivity index (χ1v) is 6.31. The van der Waals surface area contributed by atoms with Gasteiger partial charge in [0.1, 0.15) is 5.69 Å². The molecule has 1 aromatic rings. The molecule has 0 radical (unpaired) electrons. The minimum absolute atomic E-state index is 0.0305. The molecule has 1 aromatic carbocycles. The van der Waals surface area contributed by atoms with Gasteiger partial charge in [0.05, 0.1) is 9.95 Å². The molecule has 0 N–H and O–H groups in total. The summed E-state index contributed by atoms with van der Waals surface area (Å²) in [5.74, 6) is 0. The summed E-state index contributed by atoms with van der Waals surface area (Å²) in [7, 11) is 2.02. The van der Waals surface area contributed by atoms with E-state index in [2.05, 4.69) is 4.90 Å². The van der Waals surface area contributed by atoms with Crippen LogP contribution in [0.3, 0.4) is 0 Å². The zero-order valence-corrected chi connectivity index (χ0v) is 11.4. The Morgan fingerprint density at radius 1 is 1.22 bits per heavy atom. The van der Waals surface area contributed by atoms with Crippen molar-refractivity contribution < 1.29 is 4.92 Å². The number of anilines is 1. The third-order valence-corrected chi connectivity index (χ3v) is 3.53. The fourth-order valence-electron chi connectivity index (χ4n) is 2.03. The van der Waals surface area contributed by atoms with Gasteiger partial charge in [-0.3, -0.25) is 10.1 Å². The zero-order valence-electron chi connectivity index (χ0n) is 9.90. The Balaban J connectivity index is 2.39. The molecular formula is C11H13Cl2N3O2. The van der Waals surface area contributed by atoms with Crippen LogP contribution in [0.4, 0.5) is 11.4 Å². The molecule has 0 amide bonds.